The topological polar surface area (TPSA) is 34.2 Å². The summed E-state index contributed by atoms with van der Waals surface area (Å²) in [6.45, 7) is 6.79. The molecule has 0 saturated heterocycles. The molecule has 0 aliphatic heterocycles. The van der Waals surface area contributed by atoms with Crippen molar-refractivity contribution in [2.45, 2.75) is 20.8 Å². The van der Waals surface area contributed by atoms with E-state index in [1.54, 1.807) is 13.2 Å². The zero-order chi connectivity index (χ0) is 15.6. The lowest BCUT2D eigenvalue weighted by Gasteiger charge is -2.15. The molecular weight excluding hydrogens is 307 g/mol. The number of benzene rings is 1. The van der Waals surface area contributed by atoms with Crippen molar-refractivity contribution in [2.75, 3.05) is 19.0 Å². The third kappa shape index (κ3) is 3.09. The van der Waals surface area contributed by atoms with Crippen molar-refractivity contribution in [1.29, 1.82) is 0 Å². The number of nitrogens with zero attached hydrogens (tertiary/aromatic N) is 1. The van der Waals surface area contributed by atoms with E-state index >= 15 is 0 Å². The van der Waals surface area contributed by atoms with E-state index in [9.17, 15) is 0 Å². The van der Waals surface area contributed by atoms with Gasteiger partial charge < -0.3 is 10.1 Å². The molecule has 0 atom stereocenters. The monoisotopic (exact) mass is 324 g/mol. The van der Waals surface area contributed by atoms with Crippen LogP contribution in [0.4, 0.5) is 5.82 Å². The van der Waals surface area contributed by atoms with Gasteiger partial charge in [-0.05, 0) is 44.0 Å². The first kappa shape index (κ1) is 15.9. The highest BCUT2D eigenvalue weighted by Gasteiger charge is 2.16. The van der Waals surface area contributed by atoms with Crippen LogP contribution in [0.2, 0.25) is 10.0 Å². The van der Waals surface area contributed by atoms with Crippen LogP contribution in [-0.2, 0) is 0 Å². The summed E-state index contributed by atoms with van der Waals surface area (Å²) in [7, 11) is 1.65. The van der Waals surface area contributed by atoms with Crippen molar-refractivity contribution in [3.63, 3.8) is 0 Å². The number of anilines is 1. The van der Waals surface area contributed by atoms with Gasteiger partial charge in [-0.1, -0.05) is 29.3 Å². The summed E-state index contributed by atoms with van der Waals surface area (Å²) in [6.07, 6.45) is 0. The maximum Gasteiger partial charge on any atom is 0.145 e. The number of hydrogen-bond acceptors (Lipinski definition) is 3. The van der Waals surface area contributed by atoms with E-state index in [0.29, 0.717) is 21.6 Å². The molecule has 0 unspecified atom stereocenters. The van der Waals surface area contributed by atoms with Crippen molar-refractivity contribution < 1.29 is 4.74 Å². The minimum absolute atomic E-state index is 0.503. The largest absolute Gasteiger partial charge is 0.496 e. The van der Waals surface area contributed by atoms with Gasteiger partial charge in [0.25, 0.3) is 0 Å². The number of methoxy groups -OCH3 is 1. The van der Waals surface area contributed by atoms with E-state index in [-0.39, 0.29) is 0 Å². The van der Waals surface area contributed by atoms with E-state index in [1.165, 1.54) is 0 Å². The Morgan fingerprint density at radius 3 is 2.52 bits per heavy atom. The SMILES string of the molecule is CCNc1nc(-c2ccc(C)c(C)c2OC)c(Cl)cc1Cl. The highest BCUT2D eigenvalue weighted by Crippen LogP contribution is 2.39. The molecular formula is C16H18Cl2N2O. The molecule has 1 heterocycles. The second-order valence-electron chi connectivity index (χ2n) is 4.77. The maximum atomic E-state index is 6.33. The number of aromatic nitrogens is 1. The van der Waals surface area contributed by atoms with E-state index in [2.05, 4.69) is 10.3 Å². The molecule has 112 valence electrons. The smallest absolute Gasteiger partial charge is 0.145 e. The minimum atomic E-state index is 0.503. The van der Waals surface area contributed by atoms with Crippen LogP contribution in [0.3, 0.4) is 0 Å². The lowest BCUT2D eigenvalue weighted by Crippen LogP contribution is -2.02. The summed E-state index contributed by atoms with van der Waals surface area (Å²) in [5, 5.41) is 4.14. The Kier molecular flexibility index (Phi) is 4.96. The minimum Gasteiger partial charge on any atom is -0.496 e. The van der Waals surface area contributed by atoms with E-state index in [1.807, 2.05) is 32.9 Å². The fraction of sp³-hybridized carbons (Fsp3) is 0.312. The molecule has 2 aromatic rings. The van der Waals surface area contributed by atoms with Crippen LogP contribution in [0, 0.1) is 13.8 Å². The van der Waals surface area contributed by atoms with E-state index in [0.717, 1.165) is 29.0 Å². The predicted molar refractivity (Wildman–Crippen MR) is 89.9 cm³/mol. The van der Waals surface area contributed by atoms with Gasteiger partial charge in [0, 0.05) is 12.1 Å². The van der Waals surface area contributed by atoms with Crippen LogP contribution in [0.15, 0.2) is 18.2 Å². The quantitative estimate of drug-likeness (QED) is 0.848. The molecule has 0 amide bonds. The van der Waals surface area contributed by atoms with Gasteiger partial charge in [0.15, 0.2) is 0 Å². The van der Waals surface area contributed by atoms with Gasteiger partial charge in [-0.3, -0.25) is 0 Å². The molecule has 1 N–H and O–H groups in total. The average molecular weight is 325 g/mol. The first-order chi connectivity index (χ1) is 9.99. The summed E-state index contributed by atoms with van der Waals surface area (Å²) < 4.78 is 5.54. The second-order valence-corrected chi connectivity index (χ2v) is 5.58. The number of nitrogens with one attached hydrogen (secondary N) is 1. The van der Waals surface area contributed by atoms with Gasteiger partial charge in [0.1, 0.15) is 11.6 Å². The summed E-state index contributed by atoms with van der Waals surface area (Å²) in [4.78, 5) is 4.56. The van der Waals surface area contributed by atoms with Gasteiger partial charge in [-0.2, -0.15) is 0 Å². The van der Waals surface area contributed by atoms with Gasteiger partial charge >= 0.3 is 0 Å². The average Bonchev–Trinajstić information content (AvgIpc) is 2.45. The third-order valence-corrected chi connectivity index (χ3v) is 3.99. The lowest BCUT2D eigenvalue weighted by atomic mass is 10.0. The number of ether oxygens (including phenoxy) is 1. The highest BCUT2D eigenvalue weighted by molar-refractivity contribution is 6.37. The number of aryl methyl sites for hydroxylation is 1. The Balaban J connectivity index is 2.67. The lowest BCUT2D eigenvalue weighted by molar-refractivity contribution is 0.413. The number of halogens is 2. The van der Waals surface area contributed by atoms with Crippen LogP contribution in [-0.4, -0.2) is 18.6 Å². The van der Waals surface area contributed by atoms with Crippen molar-refractivity contribution in [3.05, 3.63) is 39.4 Å². The number of rotatable bonds is 4. The molecule has 0 spiro atoms. The molecule has 21 heavy (non-hydrogen) atoms. The highest BCUT2D eigenvalue weighted by atomic mass is 35.5. The molecule has 0 aliphatic carbocycles. The van der Waals surface area contributed by atoms with Crippen LogP contribution in [0.1, 0.15) is 18.1 Å². The van der Waals surface area contributed by atoms with Crippen LogP contribution < -0.4 is 10.1 Å². The first-order valence-corrected chi connectivity index (χ1v) is 7.49. The fourth-order valence-electron chi connectivity index (χ4n) is 2.19. The first-order valence-electron chi connectivity index (χ1n) is 6.74. The molecule has 0 bridgehead atoms. The molecule has 0 aliphatic rings. The molecule has 0 radical (unpaired) electrons. The Bertz CT molecular complexity index is 672. The van der Waals surface area contributed by atoms with Crippen molar-refractivity contribution in [2.24, 2.45) is 0 Å². The molecule has 0 saturated carbocycles. The zero-order valence-corrected chi connectivity index (χ0v) is 14.1. The zero-order valence-electron chi connectivity index (χ0n) is 12.6. The van der Waals surface area contributed by atoms with Crippen molar-refractivity contribution >= 4 is 29.0 Å². The maximum absolute atomic E-state index is 6.33. The Morgan fingerprint density at radius 2 is 1.90 bits per heavy atom. The van der Waals surface area contributed by atoms with Crippen LogP contribution >= 0.6 is 23.2 Å². The predicted octanol–water partition coefficient (Wildman–Crippen LogP) is 5.11. The molecule has 0 fully saturated rings. The Morgan fingerprint density at radius 1 is 1.19 bits per heavy atom. The summed E-state index contributed by atoms with van der Waals surface area (Å²) >= 11 is 12.5. The van der Waals surface area contributed by atoms with E-state index in [4.69, 9.17) is 27.9 Å². The molecule has 1 aromatic carbocycles. The van der Waals surface area contributed by atoms with Crippen molar-refractivity contribution in [3.8, 4) is 17.0 Å². The summed E-state index contributed by atoms with van der Waals surface area (Å²) in [6, 6.07) is 5.71. The van der Waals surface area contributed by atoms with Gasteiger partial charge in [0.2, 0.25) is 0 Å². The Hall–Kier alpha value is -1.45. The normalized spacial score (nSPS) is 10.6. The molecule has 5 heteroatoms. The molecule has 2 rings (SSSR count). The fourth-order valence-corrected chi connectivity index (χ4v) is 2.71. The molecule has 1 aromatic heterocycles. The Labute approximate surface area is 135 Å². The van der Waals surface area contributed by atoms with Crippen LogP contribution in [0.5, 0.6) is 5.75 Å². The standard InChI is InChI=1S/C16H18Cl2N2O/c1-5-19-16-13(18)8-12(17)14(20-16)11-7-6-9(2)10(3)15(11)21-4/h6-8H,5H2,1-4H3,(H,19,20). The van der Waals surface area contributed by atoms with E-state index < -0.39 is 0 Å². The summed E-state index contributed by atoms with van der Waals surface area (Å²) in [5.41, 5.74) is 3.76. The molecule has 3 nitrogen and oxygen atoms in total. The number of pyridine rings is 1. The van der Waals surface area contributed by atoms with Crippen LogP contribution in [0.25, 0.3) is 11.3 Å². The third-order valence-electron chi connectivity index (χ3n) is 3.41. The van der Waals surface area contributed by atoms with Gasteiger partial charge in [0.05, 0.1) is 22.8 Å². The van der Waals surface area contributed by atoms with Gasteiger partial charge in [-0.25, -0.2) is 4.98 Å². The van der Waals surface area contributed by atoms with Gasteiger partial charge in [-0.15, -0.1) is 0 Å². The summed E-state index contributed by atoms with van der Waals surface area (Å²) in [5.74, 6) is 1.41. The number of hydrogen-bond donors (Lipinski definition) is 1. The van der Waals surface area contributed by atoms with Crippen molar-refractivity contribution in [1.82, 2.24) is 4.98 Å². The second kappa shape index (κ2) is 6.54.